The fourth-order valence-electron chi connectivity index (χ4n) is 1.96. The van der Waals surface area contributed by atoms with Gasteiger partial charge in [0.05, 0.1) is 0 Å². The minimum atomic E-state index is -0.597. The van der Waals surface area contributed by atoms with Crippen LogP contribution in [0.5, 0.6) is 0 Å². The largest absolute Gasteiger partial charge is 0.349 e. The van der Waals surface area contributed by atoms with Crippen LogP contribution in [0.1, 0.15) is 17.5 Å². The summed E-state index contributed by atoms with van der Waals surface area (Å²) in [4.78, 5) is 32.1. The van der Waals surface area contributed by atoms with Gasteiger partial charge in [-0.1, -0.05) is 12.1 Å². The number of aldehydes is 1. The summed E-state index contributed by atoms with van der Waals surface area (Å²) in [6.07, 6.45) is 2.19. The van der Waals surface area contributed by atoms with E-state index in [2.05, 4.69) is 10.6 Å². The first-order valence-electron chi connectivity index (χ1n) is 5.83. The Morgan fingerprint density at radius 1 is 1.39 bits per heavy atom. The molecule has 2 rings (SSSR count). The number of nitrogens with one attached hydrogen (secondary N) is 2. The van der Waals surface area contributed by atoms with E-state index in [-0.39, 0.29) is 12.2 Å². The van der Waals surface area contributed by atoms with Gasteiger partial charge in [0.25, 0.3) is 5.91 Å². The molecule has 0 saturated heterocycles. The van der Waals surface area contributed by atoms with Crippen molar-refractivity contribution in [3.63, 3.8) is 0 Å². The molecule has 0 saturated carbocycles. The highest BCUT2D eigenvalue weighted by molar-refractivity contribution is 6.23. The molecule has 1 aromatic rings. The lowest BCUT2D eigenvalue weighted by atomic mass is 9.99. The average Bonchev–Trinajstić information content (AvgIpc) is 2.38. The van der Waals surface area contributed by atoms with Crippen molar-refractivity contribution in [2.24, 2.45) is 0 Å². The molecule has 0 aromatic heterocycles. The molecular weight excluding hydrogens is 232 g/mol. The highest BCUT2D eigenvalue weighted by atomic mass is 16.2. The van der Waals surface area contributed by atoms with Crippen LogP contribution in [0.4, 0.5) is 5.69 Å². The lowest BCUT2D eigenvalue weighted by Gasteiger charge is -2.17. The molecule has 1 aliphatic heterocycles. The van der Waals surface area contributed by atoms with Gasteiger partial charge in [0.15, 0.2) is 0 Å². The molecule has 0 aliphatic carbocycles. The highest BCUT2D eigenvalue weighted by Gasteiger charge is 2.14. The van der Waals surface area contributed by atoms with Gasteiger partial charge in [0.1, 0.15) is 0 Å². The number of carbonyl (C=O) groups excluding carboxylic acids is 3. The van der Waals surface area contributed by atoms with E-state index >= 15 is 0 Å². The summed E-state index contributed by atoms with van der Waals surface area (Å²) in [5.74, 6) is -0.547. The number of hydrogen-bond acceptors (Lipinski definition) is 3. The molecule has 2 amide bonds. The third kappa shape index (κ3) is 2.94. The SMILES string of the molecule is O=CC(=O)NCCc1ccc2c(c1)CCC(=O)N2. The Morgan fingerprint density at radius 3 is 3.00 bits per heavy atom. The van der Waals surface area contributed by atoms with Crippen LogP contribution in [0.15, 0.2) is 18.2 Å². The standard InChI is InChI=1S/C13H14N2O3/c16-8-13(18)14-6-5-9-1-3-11-10(7-9)2-4-12(17)15-11/h1,3,7-8H,2,4-6H2,(H,14,18)(H,15,17). The number of rotatable bonds is 4. The fourth-order valence-corrected chi connectivity index (χ4v) is 1.96. The second kappa shape index (κ2) is 5.44. The van der Waals surface area contributed by atoms with Gasteiger partial charge in [-0.25, -0.2) is 0 Å². The van der Waals surface area contributed by atoms with Crippen LogP contribution in [0.25, 0.3) is 0 Å². The first-order valence-corrected chi connectivity index (χ1v) is 5.83. The lowest BCUT2D eigenvalue weighted by molar-refractivity contribution is -0.131. The molecule has 5 nitrogen and oxygen atoms in total. The van der Waals surface area contributed by atoms with Crippen molar-refractivity contribution in [3.8, 4) is 0 Å². The molecule has 5 heteroatoms. The van der Waals surface area contributed by atoms with Crippen molar-refractivity contribution in [3.05, 3.63) is 29.3 Å². The van der Waals surface area contributed by atoms with Gasteiger partial charge in [-0.05, 0) is 30.0 Å². The number of carbonyl (C=O) groups is 3. The summed E-state index contributed by atoms with van der Waals surface area (Å²) in [5, 5.41) is 5.31. The summed E-state index contributed by atoms with van der Waals surface area (Å²) in [6.45, 7) is 0.433. The molecular formula is C13H14N2O3. The Bertz CT molecular complexity index is 497. The molecule has 0 fully saturated rings. The van der Waals surface area contributed by atoms with Crippen LogP contribution in [0.3, 0.4) is 0 Å². The first-order chi connectivity index (χ1) is 8.69. The van der Waals surface area contributed by atoms with Crippen molar-refractivity contribution in [2.45, 2.75) is 19.3 Å². The molecule has 1 heterocycles. The zero-order valence-electron chi connectivity index (χ0n) is 9.86. The molecule has 1 aromatic carbocycles. The number of benzene rings is 1. The van der Waals surface area contributed by atoms with E-state index in [1.54, 1.807) is 0 Å². The third-order valence-electron chi connectivity index (χ3n) is 2.89. The maximum atomic E-state index is 11.2. The van der Waals surface area contributed by atoms with Gasteiger partial charge in [0.2, 0.25) is 12.2 Å². The Hall–Kier alpha value is -2.17. The van der Waals surface area contributed by atoms with Crippen molar-refractivity contribution in [1.29, 1.82) is 0 Å². The summed E-state index contributed by atoms with van der Waals surface area (Å²) in [6, 6.07) is 5.82. The number of aryl methyl sites for hydroxylation is 1. The second-order valence-corrected chi connectivity index (χ2v) is 4.20. The summed E-state index contributed by atoms with van der Waals surface area (Å²) in [5.41, 5.74) is 3.07. The van der Waals surface area contributed by atoms with E-state index < -0.39 is 5.91 Å². The van der Waals surface area contributed by atoms with E-state index in [1.807, 2.05) is 18.2 Å². The number of fused-ring (bicyclic) bond motifs is 1. The topological polar surface area (TPSA) is 75.3 Å². The van der Waals surface area contributed by atoms with Crippen LogP contribution in [0.2, 0.25) is 0 Å². The maximum Gasteiger partial charge on any atom is 0.284 e. The van der Waals surface area contributed by atoms with E-state index in [0.717, 1.165) is 23.2 Å². The van der Waals surface area contributed by atoms with Crippen molar-refractivity contribution in [2.75, 3.05) is 11.9 Å². The van der Waals surface area contributed by atoms with Gasteiger partial charge in [-0.15, -0.1) is 0 Å². The molecule has 94 valence electrons. The number of anilines is 1. The highest BCUT2D eigenvalue weighted by Crippen LogP contribution is 2.23. The smallest absolute Gasteiger partial charge is 0.284 e. The van der Waals surface area contributed by atoms with Crippen LogP contribution in [-0.2, 0) is 27.2 Å². The Kier molecular flexibility index (Phi) is 3.72. The van der Waals surface area contributed by atoms with Crippen LogP contribution in [-0.4, -0.2) is 24.6 Å². The number of hydrogen-bond donors (Lipinski definition) is 2. The minimum absolute atomic E-state index is 0.0495. The molecule has 0 unspecified atom stereocenters. The molecule has 0 spiro atoms. The molecule has 18 heavy (non-hydrogen) atoms. The third-order valence-corrected chi connectivity index (χ3v) is 2.89. The molecule has 1 aliphatic rings. The van der Waals surface area contributed by atoms with E-state index in [1.165, 1.54) is 0 Å². The lowest BCUT2D eigenvalue weighted by Crippen LogP contribution is -2.26. The predicted octanol–water partition coefficient (Wildman–Crippen LogP) is 0.429. The summed E-state index contributed by atoms with van der Waals surface area (Å²) in [7, 11) is 0. The average molecular weight is 246 g/mol. The normalized spacial score (nSPS) is 13.4. The van der Waals surface area contributed by atoms with Crippen LogP contribution in [0, 0.1) is 0 Å². The number of amides is 2. The Labute approximate surface area is 105 Å². The Balaban J connectivity index is 1.97. The van der Waals surface area contributed by atoms with Gasteiger partial charge < -0.3 is 10.6 Å². The fraction of sp³-hybridized carbons (Fsp3) is 0.308. The minimum Gasteiger partial charge on any atom is -0.349 e. The van der Waals surface area contributed by atoms with E-state index in [0.29, 0.717) is 19.4 Å². The van der Waals surface area contributed by atoms with Gasteiger partial charge in [0, 0.05) is 18.7 Å². The first kappa shape index (κ1) is 12.3. The Morgan fingerprint density at radius 2 is 2.22 bits per heavy atom. The van der Waals surface area contributed by atoms with Crippen LogP contribution < -0.4 is 10.6 Å². The van der Waals surface area contributed by atoms with Gasteiger partial charge in [-0.2, -0.15) is 0 Å². The molecule has 0 bridgehead atoms. The summed E-state index contributed by atoms with van der Waals surface area (Å²) >= 11 is 0. The quantitative estimate of drug-likeness (QED) is 0.597. The summed E-state index contributed by atoms with van der Waals surface area (Å²) < 4.78 is 0. The van der Waals surface area contributed by atoms with Crippen molar-refractivity contribution in [1.82, 2.24) is 5.32 Å². The molecule has 0 atom stereocenters. The van der Waals surface area contributed by atoms with Gasteiger partial charge >= 0.3 is 0 Å². The van der Waals surface area contributed by atoms with E-state index in [4.69, 9.17) is 0 Å². The molecule has 2 N–H and O–H groups in total. The van der Waals surface area contributed by atoms with E-state index in [9.17, 15) is 14.4 Å². The predicted molar refractivity (Wildman–Crippen MR) is 66.2 cm³/mol. The van der Waals surface area contributed by atoms with Crippen molar-refractivity contribution < 1.29 is 14.4 Å². The van der Waals surface area contributed by atoms with Crippen molar-refractivity contribution >= 4 is 23.8 Å². The monoisotopic (exact) mass is 246 g/mol. The van der Waals surface area contributed by atoms with Gasteiger partial charge in [-0.3, -0.25) is 14.4 Å². The second-order valence-electron chi connectivity index (χ2n) is 4.20. The van der Waals surface area contributed by atoms with Crippen LogP contribution >= 0.6 is 0 Å². The zero-order valence-corrected chi connectivity index (χ0v) is 9.86. The molecule has 0 radical (unpaired) electrons. The maximum absolute atomic E-state index is 11.2. The zero-order chi connectivity index (χ0) is 13.0.